The summed E-state index contributed by atoms with van der Waals surface area (Å²) < 4.78 is 2.07. The van der Waals surface area contributed by atoms with E-state index in [1.165, 1.54) is 11.1 Å². The fourth-order valence-corrected chi connectivity index (χ4v) is 4.14. The minimum absolute atomic E-state index is 0.138. The second kappa shape index (κ2) is 6.56. The van der Waals surface area contributed by atoms with Gasteiger partial charge < -0.3 is 9.47 Å². The number of carbonyl (C=O) groups excluding carboxylic acids is 1. The Morgan fingerprint density at radius 3 is 2.88 bits per heavy atom. The zero-order valence-corrected chi connectivity index (χ0v) is 15.3. The molecule has 2 heterocycles. The van der Waals surface area contributed by atoms with Gasteiger partial charge in [0.15, 0.2) is 0 Å². The molecule has 0 saturated heterocycles. The van der Waals surface area contributed by atoms with Gasteiger partial charge in [-0.3, -0.25) is 4.79 Å². The number of hydrogen-bond acceptors (Lipinski definition) is 3. The summed E-state index contributed by atoms with van der Waals surface area (Å²) in [5, 5.41) is 0. The Labute approximate surface area is 151 Å². The van der Waals surface area contributed by atoms with E-state index in [-0.39, 0.29) is 5.91 Å². The standard InChI is InChI=1S/C20H21N3OS/c1-14-6-5-7-15-10-11-22(20(14)15)19(24)12-23-17-9-4-3-8-16(17)21-18(23)13-25-2/h3-9H,10-13H2,1-2H3. The van der Waals surface area contributed by atoms with Crippen LogP contribution in [-0.2, 0) is 23.5 Å². The molecule has 128 valence electrons. The van der Waals surface area contributed by atoms with E-state index in [4.69, 9.17) is 4.98 Å². The highest BCUT2D eigenvalue weighted by molar-refractivity contribution is 7.97. The molecule has 0 atom stereocenters. The number of carbonyl (C=O) groups is 1. The first-order valence-electron chi connectivity index (χ1n) is 8.51. The summed E-state index contributed by atoms with van der Waals surface area (Å²) in [6, 6.07) is 14.3. The molecule has 4 rings (SSSR count). The maximum Gasteiger partial charge on any atom is 0.247 e. The van der Waals surface area contributed by atoms with E-state index in [9.17, 15) is 4.79 Å². The van der Waals surface area contributed by atoms with Crippen molar-refractivity contribution in [1.29, 1.82) is 0 Å². The number of aromatic nitrogens is 2. The first kappa shape index (κ1) is 16.2. The lowest BCUT2D eigenvalue weighted by Crippen LogP contribution is -2.33. The Morgan fingerprint density at radius 1 is 1.20 bits per heavy atom. The maximum absolute atomic E-state index is 13.1. The molecular weight excluding hydrogens is 330 g/mol. The summed E-state index contributed by atoms with van der Waals surface area (Å²) in [7, 11) is 0. The minimum atomic E-state index is 0.138. The highest BCUT2D eigenvalue weighted by Crippen LogP contribution is 2.32. The van der Waals surface area contributed by atoms with Crippen LogP contribution in [0, 0.1) is 6.92 Å². The third kappa shape index (κ3) is 2.82. The normalized spacial score (nSPS) is 13.4. The van der Waals surface area contributed by atoms with Crippen LogP contribution in [-0.4, -0.2) is 28.3 Å². The lowest BCUT2D eigenvalue weighted by Gasteiger charge is -2.20. The molecule has 0 fully saturated rings. The minimum Gasteiger partial charge on any atom is -0.318 e. The number of benzene rings is 2. The van der Waals surface area contributed by atoms with E-state index in [2.05, 4.69) is 35.9 Å². The zero-order chi connectivity index (χ0) is 17.4. The summed E-state index contributed by atoms with van der Waals surface area (Å²) in [6.07, 6.45) is 3.00. The Bertz CT molecular complexity index is 947. The van der Waals surface area contributed by atoms with Gasteiger partial charge in [-0.15, -0.1) is 0 Å². The van der Waals surface area contributed by atoms with Crippen LogP contribution in [0.3, 0.4) is 0 Å². The molecule has 3 aromatic rings. The molecule has 1 aliphatic heterocycles. The van der Waals surface area contributed by atoms with E-state index in [1.54, 1.807) is 11.8 Å². The molecule has 1 aliphatic rings. The first-order valence-corrected chi connectivity index (χ1v) is 9.90. The Balaban J connectivity index is 1.69. The fourth-order valence-electron chi connectivity index (χ4n) is 3.66. The quantitative estimate of drug-likeness (QED) is 0.718. The average Bonchev–Trinajstić information content (AvgIpc) is 3.19. The van der Waals surface area contributed by atoms with Gasteiger partial charge in [-0.05, 0) is 42.9 Å². The van der Waals surface area contributed by atoms with Gasteiger partial charge >= 0.3 is 0 Å². The molecular formula is C20H21N3OS. The number of para-hydroxylation sites is 3. The molecule has 0 unspecified atom stereocenters. The molecule has 2 aromatic carbocycles. The number of rotatable bonds is 4. The topological polar surface area (TPSA) is 38.1 Å². The summed E-state index contributed by atoms with van der Waals surface area (Å²) >= 11 is 1.73. The van der Waals surface area contributed by atoms with Crippen molar-refractivity contribution in [1.82, 2.24) is 9.55 Å². The van der Waals surface area contributed by atoms with Crippen LogP contribution in [0.15, 0.2) is 42.5 Å². The molecule has 0 N–H and O–H groups in total. The van der Waals surface area contributed by atoms with Gasteiger partial charge in [0.05, 0.1) is 16.8 Å². The second-order valence-corrected chi connectivity index (χ2v) is 7.28. The van der Waals surface area contributed by atoms with E-state index in [0.29, 0.717) is 6.54 Å². The van der Waals surface area contributed by atoms with Crippen molar-refractivity contribution < 1.29 is 4.79 Å². The number of fused-ring (bicyclic) bond motifs is 2. The van der Waals surface area contributed by atoms with Crippen molar-refractivity contribution in [2.45, 2.75) is 25.6 Å². The molecule has 5 heteroatoms. The highest BCUT2D eigenvalue weighted by Gasteiger charge is 2.27. The third-order valence-electron chi connectivity index (χ3n) is 4.80. The van der Waals surface area contributed by atoms with E-state index < -0.39 is 0 Å². The van der Waals surface area contributed by atoms with Crippen molar-refractivity contribution in [3.8, 4) is 0 Å². The molecule has 1 aromatic heterocycles. The van der Waals surface area contributed by atoms with Crippen LogP contribution >= 0.6 is 11.8 Å². The summed E-state index contributed by atoms with van der Waals surface area (Å²) in [5.74, 6) is 1.90. The zero-order valence-electron chi connectivity index (χ0n) is 14.5. The van der Waals surface area contributed by atoms with Crippen molar-refractivity contribution in [2.75, 3.05) is 17.7 Å². The van der Waals surface area contributed by atoms with Crippen LogP contribution in [0.2, 0.25) is 0 Å². The number of imidazole rings is 1. The van der Waals surface area contributed by atoms with Gasteiger partial charge in [-0.2, -0.15) is 11.8 Å². The lowest BCUT2D eigenvalue weighted by atomic mass is 10.1. The second-order valence-electron chi connectivity index (χ2n) is 6.41. The highest BCUT2D eigenvalue weighted by atomic mass is 32.2. The Kier molecular flexibility index (Phi) is 4.25. The number of thioether (sulfide) groups is 1. The monoisotopic (exact) mass is 351 g/mol. The maximum atomic E-state index is 13.1. The van der Waals surface area contributed by atoms with Crippen LogP contribution < -0.4 is 4.90 Å². The van der Waals surface area contributed by atoms with Gasteiger partial charge in [0.25, 0.3) is 0 Å². The van der Waals surface area contributed by atoms with Crippen LogP contribution in [0.1, 0.15) is 17.0 Å². The Morgan fingerprint density at radius 2 is 2.04 bits per heavy atom. The van der Waals surface area contributed by atoms with Crippen LogP contribution in [0.25, 0.3) is 11.0 Å². The van der Waals surface area contributed by atoms with Crippen LogP contribution in [0.4, 0.5) is 5.69 Å². The first-order chi connectivity index (χ1) is 12.2. The molecule has 0 aliphatic carbocycles. The summed E-state index contributed by atoms with van der Waals surface area (Å²) in [5.41, 5.74) is 5.53. The largest absolute Gasteiger partial charge is 0.318 e. The van der Waals surface area contributed by atoms with Crippen molar-refractivity contribution in [3.63, 3.8) is 0 Å². The fraction of sp³-hybridized carbons (Fsp3) is 0.300. The van der Waals surface area contributed by atoms with Gasteiger partial charge in [-0.1, -0.05) is 30.3 Å². The number of amides is 1. The molecule has 25 heavy (non-hydrogen) atoms. The van der Waals surface area contributed by atoms with Crippen molar-refractivity contribution in [2.24, 2.45) is 0 Å². The van der Waals surface area contributed by atoms with Crippen molar-refractivity contribution >= 4 is 34.4 Å². The molecule has 0 radical (unpaired) electrons. The number of nitrogens with zero attached hydrogens (tertiary/aromatic N) is 3. The van der Waals surface area contributed by atoms with Crippen LogP contribution in [0.5, 0.6) is 0 Å². The molecule has 1 amide bonds. The smallest absolute Gasteiger partial charge is 0.247 e. The summed E-state index contributed by atoms with van der Waals surface area (Å²) in [4.78, 5) is 19.8. The predicted molar refractivity (Wildman–Crippen MR) is 104 cm³/mol. The number of hydrogen-bond donors (Lipinski definition) is 0. The van der Waals surface area contributed by atoms with Gasteiger partial charge in [0, 0.05) is 12.2 Å². The van der Waals surface area contributed by atoms with E-state index >= 15 is 0 Å². The molecule has 0 spiro atoms. The van der Waals surface area contributed by atoms with E-state index in [0.717, 1.165) is 41.3 Å². The lowest BCUT2D eigenvalue weighted by molar-refractivity contribution is -0.119. The van der Waals surface area contributed by atoms with Gasteiger partial charge in [0.2, 0.25) is 5.91 Å². The molecule has 4 nitrogen and oxygen atoms in total. The SMILES string of the molecule is CSCc1nc2ccccc2n1CC(=O)N1CCc2cccc(C)c21. The van der Waals surface area contributed by atoms with E-state index in [1.807, 2.05) is 29.2 Å². The van der Waals surface area contributed by atoms with Gasteiger partial charge in [-0.25, -0.2) is 4.98 Å². The average molecular weight is 351 g/mol. The predicted octanol–water partition coefficient (Wildman–Crippen LogP) is 3.80. The Hall–Kier alpha value is -2.27. The van der Waals surface area contributed by atoms with Crippen molar-refractivity contribution in [3.05, 3.63) is 59.4 Å². The number of aryl methyl sites for hydroxylation is 1. The molecule has 0 saturated carbocycles. The molecule has 0 bridgehead atoms. The van der Waals surface area contributed by atoms with Gasteiger partial charge in [0.1, 0.15) is 12.4 Å². The summed E-state index contributed by atoms with van der Waals surface area (Å²) in [6.45, 7) is 3.18. The number of anilines is 1. The third-order valence-corrected chi connectivity index (χ3v) is 5.34.